The van der Waals surface area contributed by atoms with E-state index in [1.807, 2.05) is 0 Å². The van der Waals surface area contributed by atoms with Gasteiger partial charge >= 0.3 is 7.25 Å². The summed E-state index contributed by atoms with van der Waals surface area (Å²) < 4.78 is 39.0. The first kappa shape index (κ1) is 13.8. The van der Waals surface area contributed by atoms with Gasteiger partial charge in [0.25, 0.3) is 17.5 Å². The SMILES string of the molecule is F[B-](F)(F)F.[N-]=[N+]=C1C=CC2=C(C1)C(=O)NC2=O. The molecule has 0 atom stereocenters. The second-order valence-electron chi connectivity index (χ2n) is 3.27. The molecule has 0 unspecified atom stereocenters. The monoisotopic (exact) mass is 262 g/mol. The van der Waals surface area contributed by atoms with E-state index in [0.29, 0.717) is 16.9 Å². The lowest BCUT2D eigenvalue weighted by Crippen LogP contribution is -2.23. The van der Waals surface area contributed by atoms with Gasteiger partial charge in [0, 0.05) is 17.2 Å². The molecule has 0 bridgehead atoms. The van der Waals surface area contributed by atoms with Crippen LogP contribution in [-0.2, 0) is 9.59 Å². The summed E-state index contributed by atoms with van der Waals surface area (Å²) in [6.07, 6.45) is 3.20. The van der Waals surface area contributed by atoms with Gasteiger partial charge in [0.2, 0.25) is 0 Å². The largest absolute Gasteiger partial charge is 0.673 e. The molecule has 0 saturated heterocycles. The topological polar surface area (TPSA) is 82.6 Å². The Morgan fingerprint density at radius 3 is 2.22 bits per heavy atom. The average molecular weight is 262 g/mol. The van der Waals surface area contributed by atoms with Crippen LogP contribution in [0.3, 0.4) is 0 Å². The van der Waals surface area contributed by atoms with Crippen molar-refractivity contribution >= 4 is 24.8 Å². The second kappa shape index (κ2) is 4.97. The Morgan fingerprint density at radius 1 is 1.17 bits per heavy atom. The molecule has 2 aliphatic rings. The molecule has 0 aromatic rings. The van der Waals surface area contributed by atoms with Crippen molar-refractivity contribution in [2.75, 3.05) is 0 Å². The number of hydrogen-bond donors (Lipinski definition) is 1. The van der Waals surface area contributed by atoms with Gasteiger partial charge in [0.15, 0.2) is 0 Å². The summed E-state index contributed by atoms with van der Waals surface area (Å²) in [4.78, 5) is 25.2. The molecule has 2 amide bonds. The molecule has 2 rings (SSSR count). The molecule has 96 valence electrons. The first-order valence-corrected chi connectivity index (χ1v) is 4.57. The van der Waals surface area contributed by atoms with Gasteiger partial charge in [-0.2, -0.15) is 4.79 Å². The maximum absolute atomic E-state index is 11.1. The predicted molar refractivity (Wildman–Crippen MR) is 52.7 cm³/mol. The van der Waals surface area contributed by atoms with Crippen molar-refractivity contribution in [3.8, 4) is 0 Å². The second-order valence-corrected chi connectivity index (χ2v) is 3.27. The molecule has 0 radical (unpaired) electrons. The van der Waals surface area contributed by atoms with Crippen LogP contribution < -0.4 is 5.32 Å². The third-order valence-electron chi connectivity index (χ3n) is 2.00. The van der Waals surface area contributed by atoms with Crippen LogP contribution in [0.25, 0.3) is 5.53 Å². The van der Waals surface area contributed by atoms with Gasteiger partial charge in [-0.3, -0.25) is 14.9 Å². The standard InChI is InChI=1S/C8H5N3O2.BF4/c9-11-4-1-2-5-6(3-4)8(13)10-7(5)12;2-1(3,4)5/h1-2H,3H2,(H,10,12,13);/q;-1. The van der Waals surface area contributed by atoms with Crippen molar-refractivity contribution in [2.45, 2.75) is 6.42 Å². The van der Waals surface area contributed by atoms with Crippen LogP contribution in [0, 0.1) is 0 Å². The van der Waals surface area contributed by atoms with Gasteiger partial charge < -0.3 is 22.8 Å². The van der Waals surface area contributed by atoms with Crippen LogP contribution >= 0.6 is 0 Å². The minimum Gasteiger partial charge on any atom is -0.418 e. The van der Waals surface area contributed by atoms with E-state index in [4.69, 9.17) is 5.53 Å². The van der Waals surface area contributed by atoms with Gasteiger partial charge in [-0.15, -0.1) is 0 Å². The highest BCUT2D eigenvalue weighted by Crippen LogP contribution is 2.21. The van der Waals surface area contributed by atoms with Crippen LogP contribution in [0.5, 0.6) is 0 Å². The van der Waals surface area contributed by atoms with Crippen molar-refractivity contribution < 1.29 is 31.6 Å². The Bertz CT molecular complexity index is 511. The van der Waals surface area contributed by atoms with Crippen molar-refractivity contribution in [3.63, 3.8) is 0 Å². The average Bonchev–Trinajstić information content (AvgIpc) is 2.52. The molecule has 0 fully saturated rings. The van der Waals surface area contributed by atoms with Gasteiger partial charge in [0.05, 0.1) is 6.42 Å². The fraction of sp³-hybridized carbons (Fsp3) is 0.125. The third-order valence-corrected chi connectivity index (χ3v) is 2.00. The summed E-state index contributed by atoms with van der Waals surface area (Å²) in [6.45, 7) is 0. The molecule has 1 N–H and O–H groups in total. The zero-order valence-corrected chi connectivity index (χ0v) is 8.66. The number of nitrogens with zero attached hydrogens (tertiary/aromatic N) is 2. The summed E-state index contributed by atoms with van der Waals surface area (Å²) in [6, 6.07) is 0. The number of halogens is 4. The van der Waals surface area contributed by atoms with Crippen molar-refractivity contribution in [2.24, 2.45) is 0 Å². The lowest BCUT2D eigenvalue weighted by Gasteiger charge is -1.98. The van der Waals surface area contributed by atoms with Crippen LogP contribution in [0.2, 0.25) is 0 Å². The minimum absolute atomic E-state index is 0.208. The molecule has 0 aromatic carbocycles. The lowest BCUT2D eigenvalue weighted by molar-refractivity contribution is -0.124. The van der Waals surface area contributed by atoms with E-state index in [2.05, 4.69) is 10.1 Å². The van der Waals surface area contributed by atoms with Crippen molar-refractivity contribution in [1.29, 1.82) is 0 Å². The smallest absolute Gasteiger partial charge is 0.418 e. The Hall–Kier alpha value is -2.22. The molecule has 0 saturated carbocycles. The number of nitrogens with one attached hydrogen (secondary N) is 1. The highest BCUT2D eigenvalue weighted by Gasteiger charge is 2.33. The van der Waals surface area contributed by atoms with Crippen molar-refractivity contribution in [1.82, 2.24) is 5.32 Å². The lowest BCUT2D eigenvalue weighted by atomic mass is 9.98. The zero-order valence-electron chi connectivity index (χ0n) is 8.66. The Balaban J connectivity index is 0.000000280. The number of carbonyl (C=O) groups is 2. The quantitative estimate of drug-likeness (QED) is 0.231. The highest BCUT2D eigenvalue weighted by molar-refractivity contribution is 6.50. The molecular formula is C8H5BF4N3O2-. The van der Waals surface area contributed by atoms with E-state index in [1.54, 1.807) is 0 Å². The van der Waals surface area contributed by atoms with Crippen molar-refractivity contribution in [3.05, 3.63) is 28.8 Å². The van der Waals surface area contributed by atoms with Crippen LogP contribution in [0.1, 0.15) is 6.42 Å². The fourth-order valence-corrected chi connectivity index (χ4v) is 1.35. The third kappa shape index (κ3) is 3.67. The van der Waals surface area contributed by atoms with Gasteiger partial charge in [-0.25, -0.2) is 0 Å². The number of amides is 2. The summed E-state index contributed by atoms with van der Waals surface area (Å²) in [5, 5.41) is 2.16. The molecule has 1 aliphatic carbocycles. The molecule has 0 aromatic heterocycles. The van der Waals surface area contributed by atoms with E-state index < -0.39 is 13.2 Å². The van der Waals surface area contributed by atoms with E-state index in [0.717, 1.165) is 0 Å². The Labute approximate surface area is 97.9 Å². The first-order chi connectivity index (χ1) is 8.22. The highest BCUT2D eigenvalue weighted by atomic mass is 19.5. The molecule has 1 aliphatic heterocycles. The maximum Gasteiger partial charge on any atom is 0.673 e. The van der Waals surface area contributed by atoms with E-state index in [1.165, 1.54) is 12.2 Å². The van der Waals surface area contributed by atoms with Crippen LogP contribution in [-0.4, -0.2) is 29.6 Å². The summed E-state index contributed by atoms with van der Waals surface area (Å²) in [5.41, 5.74) is 9.59. The Kier molecular flexibility index (Phi) is 3.82. The van der Waals surface area contributed by atoms with Gasteiger partial charge in [0.1, 0.15) is 0 Å². The Morgan fingerprint density at radius 2 is 1.72 bits per heavy atom. The van der Waals surface area contributed by atoms with Gasteiger partial charge in [-0.05, 0) is 6.08 Å². The normalized spacial score (nSPS) is 17.9. The minimum atomic E-state index is -6.00. The first-order valence-electron chi connectivity index (χ1n) is 4.57. The van der Waals surface area contributed by atoms with Crippen LogP contribution in [0.15, 0.2) is 23.3 Å². The molecule has 1 heterocycles. The van der Waals surface area contributed by atoms with E-state index in [-0.39, 0.29) is 12.3 Å². The zero-order chi connectivity index (χ0) is 13.9. The van der Waals surface area contributed by atoms with Crippen LogP contribution in [0.4, 0.5) is 17.3 Å². The molecule has 18 heavy (non-hydrogen) atoms. The molecule has 5 nitrogen and oxygen atoms in total. The fourth-order valence-electron chi connectivity index (χ4n) is 1.35. The number of allylic oxidation sites excluding steroid dienone is 1. The van der Waals surface area contributed by atoms with E-state index >= 15 is 0 Å². The molecular weight excluding hydrogens is 257 g/mol. The van der Waals surface area contributed by atoms with E-state index in [9.17, 15) is 26.9 Å². The number of carbonyl (C=O) groups excluding carboxylic acids is 2. The summed E-state index contributed by atoms with van der Waals surface area (Å²) >= 11 is 0. The van der Waals surface area contributed by atoms with Gasteiger partial charge in [-0.1, -0.05) is 0 Å². The summed E-state index contributed by atoms with van der Waals surface area (Å²) in [7, 11) is -6.00. The maximum atomic E-state index is 11.1. The predicted octanol–water partition coefficient (Wildman–Crippen LogP) is 0.870. The number of hydrogen-bond acceptors (Lipinski definition) is 2. The number of rotatable bonds is 0. The number of imide groups is 1. The molecule has 10 heteroatoms. The summed E-state index contributed by atoms with van der Waals surface area (Å²) in [5.74, 6) is -0.779. The molecule has 0 spiro atoms.